The molecule has 0 aliphatic heterocycles. The van der Waals surface area contributed by atoms with Gasteiger partial charge in [0.1, 0.15) is 11.6 Å². The Labute approximate surface area is 247 Å². The average Bonchev–Trinajstić information content (AvgIpc) is 2.91. The summed E-state index contributed by atoms with van der Waals surface area (Å²) < 4.78 is 74.1. The molecule has 0 heterocycles. The minimum Gasteiger partial charge on any atom is -0.322 e. The largest absolute Gasteiger partial charge is 0.322 e. The van der Waals surface area contributed by atoms with Crippen LogP contribution in [0, 0.1) is 11.6 Å². The van der Waals surface area contributed by atoms with E-state index < -0.39 is 43.5 Å². The van der Waals surface area contributed by atoms with E-state index in [2.05, 4.69) is 10.6 Å². The Morgan fingerprint density at radius 3 is 1.21 bits per heavy atom. The van der Waals surface area contributed by atoms with Gasteiger partial charge in [0.15, 0.2) is 0 Å². The summed E-state index contributed by atoms with van der Waals surface area (Å²) in [6.07, 6.45) is 0. The number of nitrogens with two attached hydrogens (primary N) is 2. The molecule has 42 heavy (non-hydrogen) atoms. The lowest BCUT2D eigenvalue weighted by molar-refractivity contribution is 0.101. The Morgan fingerprint density at radius 1 is 0.571 bits per heavy atom. The molecule has 0 unspecified atom stereocenters. The first-order chi connectivity index (χ1) is 19.7. The molecule has 10 nitrogen and oxygen atoms in total. The maximum atomic E-state index is 14.1. The summed E-state index contributed by atoms with van der Waals surface area (Å²) >= 11 is 0. The second kappa shape index (κ2) is 12.6. The van der Waals surface area contributed by atoms with E-state index >= 15 is 0 Å². The maximum Gasteiger partial charge on any atom is 0.256 e. The Kier molecular flexibility index (Phi) is 9.34. The van der Waals surface area contributed by atoms with Crippen LogP contribution in [-0.2, 0) is 20.0 Å². The van der Waals surface area contributed by atoms with E-state index in [0.29, 0.717) is 0 Å². The highest BCUT2D eigenvalue weighted by atomic mass is 33.1. The molecule has 2 amide bonds. The number of sulfonamides is 2. The van der Waals surface area contributed by atoms with Crippen LogP contribution in [0.15, 0.2) is 105 Å². The number of carbonyl (C=O) groups is 2. The fraction of sp³-hybridized carbons (Fsp3) is 0. The van der Waals surface area contributed by atoms with Crippen LogP contribution in [0.4, 0.5) is 20.2 Å². The van der Waals surface area contributed by atoms with Crippen molar-refractivity contribution >= 4 is 64.8 Å². The lowest BCUT2D eigenvalue weighted by Crippen LogP contribution is -2.15. The summed E-state index contributed by atoms with van der Waals surface area (Å²) in [7, 11) is -6.04. The number of hydrogen-bond acceptors (Lipinski definition) is 8. The highest BCUT2D eigenvalue weighted by Crippen LogP contribution is 2.41. The van der Waals surface area contributed by atoms with Gasteiger partial charge in [0.2, 0.25) is 20.0 Å². The van der Waals surface area contributed by atoms with Gasteiger partial charge in [-0.1, -0.05) is 21.6 Å². The van der Waals surface area contributed by atoms with Gasteiger partial charge in [-0.15, -0.1) is 0 Å². The van der Waals surface area contributed by atoms with Gasteiger partial charge >= 0.3 is 0 Å². The van der Waals surface area contributed by atoms with Crippen LogP contribution in [0.2, 0.25) is 0 Å². The first-order valence-corrected chi connectivity index (χ1v) is 16.8. The number of rotatable bonds is 9. The maximum absolute atomic E-state index is 14.1. The predicted octanol–water partition coefficient (Wildman–Crippen LogP) is 4.56. The van der Waals surface area contributed by atoms with Crippen molar-refractivity contribution < 1.29 is 35.2 Å². The molecule has 0 aliphatic carbocycles. The fourth-order valence-electron chi connectivity index (χ4n) is 3.45. The molecule has 4 rings (SSSR count). The van der Waals surface area contributed by atoms with Crippen molar-refractivity contribution in [3.05, 3.63) is 108 Å². The molecule has 0 saturated carbocycles. The number of primary sulfonamides is 2. The van der Waals surface area contributed by atoms with Gasteiger partial charge in [0.25, 0.3) is 11.8 Å². The summed E-state index contributed by atoms with van der Waals surface area (Å²) in [6, 6.07) is 17.1. The minimum atomic E-state index is -3.93. The van der Waals surface area contributed by atoms with E-state index in [-0.39, 0.29) is 42.1 Å². The molecule has 0 spiro atoms. The molecule has 16 heteroatoms. The molecule has 4 aromatic rings. The first kappa shape index (κ1) is 31.1. The van der Waals surface area contributed by atoms with Crippen molar-refractivity contribution in [2.45, 2.75) is 19.6 Å². The van der Waals surface area contributed by atoms with Crippen LogP contribution in [-0.4, -0.2) is 28.6 Å². The lowest BCUT2D eigenvalue weighted by atomic mass is 10.2. The summed E-state index contributed by atoms with van der Waals surface area (Å²) in [6.45, 7) is 0. The third kappa shape index (κ3) is 7.93. The topological polar surface area (TPSA) is 179 Å². The standard InChI is InChI=1S/C26H20F2N4O6S4/c27-15-1-11-21(25(33)31-17-3-7-19(8-4-17)41(29,35)36)23(13-15)39-40-24-14-16(28)2-12-22(24)26(34)32-18-5-9-20(10-6-18)42(30,37)38/h1-14H,(H,31,33)(H,32,34)(H2,29,35,36)(H2,30,37,38). The SMILES string of the molecule is NS(=O)(=O)c1ccc(NC(=O)c2ccc(F)cc2SSc2cc(F)ccc2C(=O)Nc2ccc(S(N)(=O)=O)cc2)cc1. The molecule has 0 bridgehead atoms. The van der Waals surface area contributed by atoms with Crippen molar-refractivity contribution in [1.29, 1.82) is 0 Å². The molecule has 0 aromatic heterocycles. The highest BCUT2D eigenvalue weighted by Gasteiger charge is 2.18. The third-order valence-electron chi connectivity index (χ3n) is 5.48. The van der Waals surface area contributed by atoms with Gasteiger partial charge in [-0.2, -0.15) is 0 Å². The van der Waals surface area contributed by atoms with E-state index in [9.17, 15) is 35.2 Å². The molecule has 0 aliphatic rings. The molecule has 0 saturated heterocycles. The van der Waals surface area contributed by atoms with Crippen molar-refractivity contribution in [1.82, 2.24) is 0 Å². The molecular formula is C26H20F2N4O6S4. The Balaban J connectivity index is 1.53. The number of halogens is 2. The lowest BCUT2D eigenvalue weighted by Gasteiger charge is -2.12. The number of nitrogens with one attached hydrogen (secondary N) is 2. The van der Waals surface area contributed by atoms with E-state index in [1.807, 2.05) is 0 Å². The van der Waals surface area contributed by atoms with Gasteiger partial charge in [-0.05, 0) is 84.9 Å². The van der Waals surface area contributed by atoms with E-state index in [1.165, 1.54) is 60.7 Å². The van der Waals surface area contributed by atoms with Crippen LogP contribution >= 0.6 is 21.6 Å². The number of hydrogen-bond donors (Lipinski definition) is 4. The van der Waals surface area contributed by atoms with Crippen LogP contribution in [0.3, 0.4) is 0 Å². The monoisotopic (exact) mass is 650 g/mol. The summed E-state index contributed by atoms with van der Waals surface area (Å²) in [5.74, 6) is -2.57. The fourth-order valence-corrected chi connectivity index (χ4v) is 6.85. The normalized spacial score (nSPS) is 11.6. The molecule has 4 aromatic carbocycles. The van der Waals surface area contributed by atoms with Crippen molar-refractivity contribution in [3.8, 4) is 0 Å². The number of carbonyl (C=O) groups excluding carboxylic acids is 2. The van der Waals surface area contributed by atoms with Crippen LogP contribution < -0.4 is 20.9 Å². The van der Waals surface area contributed by atoms with E-state index in [0.717, 1.165) is 45.9 Å². The second-order valence-electron chi connectivity index (χ2n) is 8.49. The smallest absolute Gasteiger partial charge is 0.256 e. The first-order valence-electron chi connectivity index (χ1n) is 11.5. The molecule has 0 fully saturated rings. The quantitative estimate of drug-likeness (QED) is 0.190. The van der Waals surface area contributed by atoms with Gasteiger partial charge in [0, 0.05) is 21.2 Å². The second-order valence-corrected chi connectivity index (χ2v) is 13.8. The zero-order valence-corrected chi connectivity index (χ0v) is 24.3. The van der Waals surface area contributed by atoms with E-state index in [1.54, 1.807) is 0 Å². The summed E-state index contributed by atoms with van der Waals surface area (Å²) in [5.41, 5.74) is 0.617. The zero-order chi connectivity index (χ0) is 30.7. The Bertz CT molecular complexity index is 1750. The molecule has 0 radical (unpaired) electrons. The van der Waals surface area contributed by atoms with Crippen molar-refractivity contribution in [3.63, 3.8) is 0 Å². The van der Waals surface area contributed by atoms with Crippen LogP contribution in [0.25, 0.3) is 0 Å². The molecular weight excluding hydrogens is 631 g/mol. The van der Waals surface area contributed by atoms with Gasteiger partial charge in [-0.3, -0.25) is 9.59 Å². The predicted molar refractivity (Wildman–Crippen MR) is 156 cm³/mol. The summed E-state index contributed by atoms with van der Waals surface area (Å²) in [5, 5.41) is 15.3. The highest BCUT2D eigenvalue weighted by molar-refractivity contribution is 8.76. The average molecular weight is 651 g/mol. The zero-order valence-electron chi connectivity index (χ0n) is 21.1. The van der Waals surface area contributed by atoms with Crippen LogP contribution in [0.1, 0.15) is 20.7 Å². The van der Waals surface area contributed by atoms with Gasteiger partial charge in [0.05, 0.1) is 20.9 Å². The van der Waals surface area contributed by atoms with Gasteiger partial charge < -0.3 is 10.6 Å². The minimum absolute atomic E-state index is 0.0572. The number of benzene rings is 4. The summed E-state index contributed by atoms with van der Waals surface area (Å²) in [4.78, 5) is 26.0. The third-order valence-corrected chi connectivity index (χ3v) is 9.78. The Hall–Kier alpha value is -3.80. The Morgan fingerprint density at radius 2 is 0.905 bits per heavy atom. The molecule has 6 N–H and O–H groups in total. The molecule has 0 atom stereocenters. The molecule has 218 valence electrons. The number of anilines is 2. The van der Waals surface area contributed by atoms with Crippen molar-refractivity contribution in [2.75, 3.05) is 10.6 Å². The van der Waals surface area contributed by atoms with E-state index in [4.69, 9.17) is 10.3 Å². The number of amides is 2. The van der Waals surface area contributed by atoms with Crippen LogP contribution in [0.5, 0.6) is 0 Å². The van der Waals surface area contributed by atoms with Crippen molar-refractivity contribution in [2.24, 2.45) is 10.3 Å². The van der Waals surface area contributed by atoms with Gasteiger partial charge in [-0.25, -0.2) is 35.9 Å².